The lowest BCUT2D eigenvalue weighted by Gasteiger charge is -2.33. The van der Waals surface area contributed by atoms with E-state index in [1.165, 1.54) is 44.3 Å². The van der Waals surface area contributed by atoms with Gasteiger partial charge in [-0.3, -0.25) is 14.4 Å². The summed E-state index contributed by atoms with van der Waals surface area (Å²) in [5.74, 6) is 0.774. The first-order chi connectivity index (χ1) is 17.4. The van der Waals surface area contributed by atoms with Gasteiger partial charge in [-0.15, -0.1) is 0 Å². The quantitative estimate of drug-likeness (QED) is 0.265. The number of ether oxygens (including phenoxy) is 1. The van der Waals surface area contributed by atoms with E-state index in [0.29, 0.717) is 12.6 Å². The molecular formula is C30H42N4O2. The second-order valence-electron chi connectivity index (χ2n) is 10.6. The standard InChI is InChI=1S/C30H42N4O2/c1-22(2)31-23(3)19-34-29(26-13-10-14-27(18-26)36-5)21-33-20-25(17-28(33)30(34)35)12-7-9-16-32-15-8-6-11-24(32)4/h10,13-14,17-18,20-22,24H,6-9,11-12,15-16,19H2,1-5H3/t24-/m1/s1. The van der Waals surface area contributed by atoms with Gasteiger partial charge in [0.25, 0.3) is 5.56 Å². The molecule has 1 aliphatic heterocycles. The number of benzene rings is 1. The summed E-state index contributed by atoms with van der Waals surface area (Å²) in [6.07, 6.45) is 11.6. The molecule has 36 heavy (non-hydrogen) atoms. The lowest BCUT2D eigenvalue weighted by Crippen LogP contribution is -2.37. The molecular weight excluding hydrogens is 448 g/mol. The van der Waals surface area contributed by atoms with Crippen molar-refractivity contribution in [3.8, 4) is 17.0 Å². The highest BCUT2D eigenvalue weighted by molar-refractivity contribution is 5.82. The van der Waals surface area contributed by atoms with Gasteiger partial charge in [0, 0.05) is 35.8 Å². The van der Waals surface area contributed by atoms with Crippen LogP contribution in [0, 0.1) is 0 Å². The van der Waals surface area contributed by atoms with Gasteiger partial charge in [0.05, 0.1) is 19.3 Å². The molecule has 194 valence electrons. The van der Waals surface area contributed by atoms with Gasteiger partial charge in [-0.05, 0) is 96.7 Å². The maximum absolute atomic E-state index is 13.7. The van der Waals surface area contributed by atoms with E-state index in [-0.39, 0.29) is 11.6 Å². The first kappa shape index (κ1) is 26.2. The monoisotopic (exact) mass is 490 g/mol. The molecule has 0 N–H and O–H groups in total. The Morgan fingerprint density at radius 2 is 2.00 bits per heavy atom. The molecule has 1 atom stereocenters. The SMILES string of the molecule is COc1cccc(-c2cn3cc(CCCCN4CCCC[C@H]4C)cc3c(=O)n2CC(C)=NC(C)C)c1. The Hall–Kier alpha value is -2.86. The molecule has 1 saturated heterocycles. The Labute approximate surface area is 215 Å². The van der Waals surface area contributed by atoms with Gasteiger partial charge in [0.15, 0.2) is 0 Å². The van der Waals surface area contributed by atoms with Gasteiger partial charge >= 0.3 is 0 Å². The van der Waals surface area contributed by atoms with Crippen LogP contribution in [0.5, 0.6) is 5.75 Å². The second-order valence-corrected chi connectivity index (χ2v) is 10.6. The third kappa shape index (κ3) is 6.28. The van der Waals surface area contributed by atoms with E-state index in [1.54, 1.807) is 7.11 Å². The highest BCUT2D eigenvalue weighted by Crippen LogP contribution is 2.24. The third-order valence-electron chi connectivity index (χ3n) is 7.25. The van der Waals surface area contributed by atoms with Crippen molar-refractivity contribution in [2.45, 2.75) is 84.8 Å². The van der Waals surface area contributed by atoms with Crippen LogP contribution in [0.1, 0.15) is 65.4 Å². The number of fused-ring (bicyclic) bond motifs is 1. The zero-order valence-electron chi connectivity index (χ0n) is 22.7. The number of methoxy groups -OCH3 is 1. The van der Waals surface area contributed by atoms with Crippen molar-refractivity contribution in [3.63, 3.8) is 0 Å². The fourth-order valence-electron chi connectivity index (χ4n) is 5.41. The van der Waals surface area contributed by atoms with E-state index in [0.717, 1.165) is 41.1 Å². The number of unbranched alkanes of at least 4 members (excludes halogenated alkanes) is 1. The summed E-state index contributed by atoms with van der Waals surface area (Å²) in [5, 5.41) is 0. The average Bonchev–Trinajstić information content (AvgIpc) is 3.27. The van der Waals surface area contributed by atoms with E-state index in [9.17, 15) is 4.79 Å². The molecule has 0 radical (unpaired) electrons. The summed E-state index contributed by atoms with van der Waals surface area (Å²) in [7, 11) is 1.67. The van der Waals surface area contributed by atoms with Crippen LogP contribution in [0.3, 0.4) is 0 Å². The minimum absolute atomic E-state index is 0.0158. The van der Waals surface area contributed by atoms with E-state index >= 15 is 0 Å². The number of hydrogen-bond donors (Lipinski definition) is 0. The first-order valence-electron chi connectivity index (χ1n) is 13.5. The van der Waals surface area contributed by atoms with Crippen molar-refractivity contribution in [3.05, 3.63) is 58.6 Å². The summed E-state index contributed by atoms with van der Waals surface area (Å²) in [6, 6.07) is 10.9. The largest absolute Gasteiger partial charge is 0.497 e. The number of aromatic nitrogens is 2. The van der Waals surface area contributed by atoms with Crippen LogP contribution >= 0.6 is 0 Å². The number of hydrogen-bond acceptors (Lipinski definition) is 4. The summed E-state index contributed by atoms with van der Waals surface area (Å²) in [4.78, 5) is 21.1. The second kappa shape index (κ2) is 11.9. The number of nitrogens with zero attached hydrogens (tertiary/aromatic N) is 4. The van der Waals surface area contributed by atoms with Gasteiger partial charge in [-0.25, -0.2) is 0 Å². The van der Waals surface area contributed by atoms with Crippen molar-refractivity contribution in [2.24, 2.45) is 4.99 Å². The van der Waals surface area contributed by atoms with Crippen molar-refractivity contribution < 1.29 is 4.74 Å². The summed E-state index contributed by atoms with van der Waals surface area (Å²) in [6.45, 7) is 11.4. The van der Waals surface area contributed by atoms with Crippen LogP contribution in [0.2, 0.25) is 0 Å². The molecule has 0 bridgehead atoms. The maximum atomic E-state index is 13.7. The van der Waals surface area contributed by atoms with Gasteiger partial charge in [-0.1, -0.05) is 18.6 Å². The van der Waals surface area contributed by atoms with Gasteiger partial charge in [0.2, 0.25) is 0 Å². The van der Waals surface area contributed by atoms with E-state index < -0.39 is 0 Å². The van der Waals surface area contributed by atoms with Crippen LogP contribution < -0.4 is 10.3 Å². The van der Waals surface area contributed by atoms with Crippen LogP contribution in [-0.4, -0.2) is 51.9 Å². The molecule has 4 rings (SSSR count). The predicted molar refractivity (Wildman–Crippen MR) is 150 cm³/mol. The van der Waals surface area contributed by atoms with Crippen LogP contribution in [-0.2, 0) is 13.0 Å². The Bertz CT molecular complexity index is 1250. The first-order valence-corrected chi connectivity index (χ1v) is 13.5. The minimum atomic E-state index is 0.0158. The highest BCUT2D eigenvalue weighted by atomic mass is 16.5. The Morgan fingerprint density at radius 1 is 1.17 bits per heavy atom. The molecule has 0 spiro atoms. The van der Waals surface area contributed by atoms with Crippen molar-refractivity contribution in [1.29, 1.82) is 0 Å². The molecule has 2 aromatic heterocycles. The minimum Gasteiger partial charge on any atom is -0.497 e. The molecule has 6 nitrogen and oxygen atoms in total. The van der Waals surface area contributed by atoms with E-state index in [1.807, 2.05) is 40.2 Å². The zero-order chi connectivity index (χ0) is 25.7. The van der Waals surface area contributed by atoms with Crippen LogP contribution in [0.15, 0.2) is 52.5 Å². The summed E-state index contributed by atoms with van der Waals surface area (Å²) < 4.78 is 9.31. The smallest absolute Gasteiger partial charge is 0.275 e. The zero-order valence-corrected chi connectivity index (χ0v) is 22.7. The Morgan fingerprint density at radius 3 is 2.75 bits per heavy atom. The fraction of sp³-hybridized carbons (Fsp3) is 0.533. The molecule has 0 unspecified atom stereocenters. The molecule has 0 aliphatic carbocycles. The number of aliphatic imine (C=N–C) groups is 1. The lowest BCUT2D eigenvalue weighted by molar-refractivity contribution is 0.158. The Balaban J connectivity index is 1.60. The van der Waals surface area contributed by atoms with Gasteiger partial charge in [-0.2, -0.15) is 0 Å². The maximum Gasteiger partial charge on any atom is 0.275 e. The van der Waals surface area contributed by atoms with Crippen molar-refractivity contribution in [2.75, 3.05) is 20.2 Å². The van der Waals surface area contributed by atoms with E-state index in [2.05, 4.69) is 49.1 Å². The number of likely N-dealkylation sites (tertiary alicyclic amines) is 1. The Kier molecular flexibility index (Phi) is 8.68. The fourth-order valence-corrected chi connectivity index (χ4v) is 5.41. The predicted octanol–water partition coefficient (Wildman–Crippen LogP) is 5.84. The molecule has 1 aromatic carbocycles. The molecule has 3 aromatic rings. The number of piperidine rings is 1. The number of aryl methyl sites for hydroxylation is 1. The molecule has 1 aliphatic rings. The molecule has 0 amide bonds. The van der Waals surface area contributed by atoms with Gasteiger partial charge in [0.1, 0.15) is 11.3 Å². The molecule has 3 heterocycles. The van der Waals surface area contributed by atoms with Crippen LogP contribution in [0.4, 0.5) is 0 Å². The average molecular weight is 491 g/mol. The lowest BCUT2D eigenvalue weighted by atomic mass is 10.0. The summed E-state index contributed by atoms with van der Waals surface area (Å²) >= 11 is 0. The van der Waals surface area contributed by atoms with Gasteiger partial charge < -0.3 is 14.0 Å². The molecule has 0 saturated carbocycles. The normalized spacial score (nSPS) is 17.3. The van der Waals surface area contributed by atoms with Crippen molar-refractivity contribution >= 4 is 11.2 Å². The summed E-state index contributed by atoms with van der Waals surface area (Å²) in [5.41, 5.74) is 4.73. The molecule has 1 fully saturated rings. The number of rotatable bonds is 10. The van der Waals surface area contributed by atoms with Crippen LogP contribution in [0.25, 0.3) is 16.8 Å². The third-order valence-corrected chi connectivity index (χ3v) is 7.25. The highest BCUT2D eigenvalue weighted by Gasteiger charge is 2.18. The topological polar surface area (TPSA) is 51.2 Å². The van der Waals surface area contributed by atoms with Crippen molar-refractivity contribution in [1.82, 2.24) is 13.9 Å². The molecule has 6 heteroatoms. The van der Waals surface area contributed by atoms with E-state index in [4.69, 9.17) is 4.74 Å².